The van der Waals surface area contributed by atoms with E-state index in [0.717, 1.165) is 12.1 Å². The number of fused-ring (bicyclic) bond motifs is 1. The molecule has 0 aliphatic heterocycles. The molecule has 74 valence electrons. The van der Waals surface area contributed by atoms with Gasteiger partial charge in [-0.05, 0) is 30.5 Å². The molecule has 0 bridgehead atoms. The first-order valence-electron chi connectivity index (χ1n) is 5.20. The molecule has 14 heavy (non-hydrogen) atoms. The number of hydrogen-bond acceptors (Lipinski definition) is 1. The van der Waals surface area contributed by atoms with Crippen molar-refractivity contribution in [2.24, 2.45) is 0 Å². The minimum Gasteiger partial charge on any atom is -0.237 e. The van der Waals surface area contributed by atoms with Crippen molar-refractivity contribution in [3.8, 4) is 0 Å². The molecule has 0 atom stereocenters. The summed E-state index contributed by atoms with van der Waals surface area (Å²) in [5, 5.41) is 4.57. The lowest BCUT2D eigenvalue weighted by Crippen LogP contribution is -2.00. The molecule has 0 saturated carbocycles. The molecule has 0 spiro atoms. The van der Waals surface area contributed by atoms with Gasteiger partial charge in [-0.25, -0.2) is 4.52 Å². The fourth-order valence-electron chi connectivity index (χ4n) is 1.70. The highest BCUT2D eigenvalue weighted by Crippen LogP contribution is 2.17. The molecule has 0 radical (unpaired) electrons. The van der Waals surface area contributed by atoms with E-state index in [4.69, 9.17) is 0 Å². The van der Waals surface area contributed by atoms with Crippen LogP contribution >= 0.6 is 0 Å². The van der Waals surface area contributed by atoms with Gasteiger partial charge in [0.1, 0.15) is 0 Å². The van der Waals surface area contributed by atoms with Crippen molar-refractivity contribution in [3.05, 3.63) is 35.7 Å². The predicted molar refractivity (Wildman–Crippen MR) is 58.7 cm³/mol. The average Bonchev–Trinajstić information content (AvgIpc) is 2.59. The summed E-state index contributed by atoms with van der Waals surface area (Å²) in [5.74, 6) is 0.517. The molecule has 2 aromatic rings. The van der Waals surface area contributed by atoms with Crippen LogP contribution in [0.2, 0.25) is 0 Å². The van der Waals surface area contributed by atoms with Crippen LogP contribution in [0.3, 0.4) is 0 Å². The third-order valence-corrected chi connectivity index (χ3v) is 2.52. The summed E-state index contributed by atoms with van der Waals surface area (Å²) in [4.78, 5) is 0. The second-order valence-electron chi connectivity index (χ2n) is 3.93. The van der Waals surface area contributed by atoms with E-state index in [1.807, 2.05) is 0 Å². The smallest absolute Gasteiger partial charge is 0.0667 e. The Morgan fingerprint density at radius 1 is 1.36 bits per heavy atom. The molecular formula is C12H16N2. The van der Waals surface area contributed by atoms with E-state index in [9.17, 15) is 0 Å². The Morgan fingerprint density at radius 2 is 2.14 bits per heavy atom. The Hall–Kier alpha value is -1.31. The summed E-state index contributed by atoms with van der Waals surface area (Å²) >= 11 is 0. The molecule has 0 aliphatic carbocycles. The largest absolute Gasteiger partial charge is 0.237 e. The average molecular weight is 188 g/mol. The summed E-state index contributed by atoms with van der Waals surface area (Å²) in [6.45, 7) is 6.53. The van der Waals surface area contributed by atoms with Crippen molar-refractivity contribution < 1.29 is 0 Å². The first-order valence-corrected chi connectivity index (χ1v) is 5.20. The lowest BCUT2D eigenvalue weighted by molar-refractivity contribution is 0.747. The Labute approximate surface area is 84.6 Å². The molecule has 0 amide bonds. The zero-order chi connectivity index (χ0) is 10.1. The SMILES string of the molecule is CCc1cc2cccc(C(C)C)n2n1. The summed E-state index contributed by atoms with van der Waals surface area (Å²) < 4.78 is 2.06. The molecule has 0 unspecified atom stereocenters. The molecule has 2 nitrogen and oxygen atoms in total. The van der Waals surface area contributed by atoms with Crippen molar-refractivity contribution >= 4 is 5.52 Å². The number of nitrogens with zero attached hydrogens (tertiary/aromatic N) is 2. The quantitative estimate of drug-likeness (QED) is 0.708. The van der Waals surface area contributed by atoms with Crippen LogP contribution in [-0.4, -0.2) is 9.61 Å². The highest BCUT2D eigenvalue weighted by atomic mass is 15.2. The number of rotatable bonds is 2. The van der Waals surface area contributed by atoms with Gasteiger partial charge in [-0.2, -0.15) is 5.10 Å². The minimum atomic E-state index is 0.517. The standard InChI is InChI=1S/C12H16N2/c1-4-10-8-11-6-5-7-12(9(2)3)14(11)13-10/h5-9H,4H2,1-3H3. The second kappa shape index (κ2) is 3.45. The van der Waals surface area contributed by atoms with Crippen LogP contribution in [0.1, 0.15) is 38.1 Å². The highest BCUT2D eigenvalue weighted by molar-refractivity contribution is 5.48. The Balaban J connectivity index is 2.66. The zero-order valence-corrected chi connectivity index (χ0v) is 8.99. The van der Waals surface area contributed by atoms with Gasteiger partial charge in [0.25, 0.3) is 0 Å². The Bertz CT molecular complexity index is 441. The highest BCUT2D eigenvalue weighted by Gasteiger charge is 2.06. The predicted octanol–water partition coefficient (Wildman–Crippen LogP) is 3.02. The first kappa shape index (κ1) is 9.25. The summed E-state index contributed by atoms with van der Waals surface area (Å²) in [6.07, 6.45) is 0.999. The second-order valence-corrected chi connectivity index (χ2v) is 3.93. The van der Waals surface area contributed by atoms with Gasteiger partial charge in [-0.1, -0.05) is 26.8 Å². The van der Waals surface area contributed by atoms with Crippen LogP contribution in [0.25, 0.3) is 5.52 Å². The third kappa shape index (κ3) is 1.41. The minimum absolute atomic E-state index is 0.517. The van der Waals surface area contributed by atoms with E-state index in [-0.39, 0.29) is 0 Å². The van der Waals surface area contributed by atoms with Crippen molar-refractivity contribution in [1.29, 1.82) is 0 Å². The van der Waals surface area contributed by atoms with E-state index in [1.165, 1.54) is 11.2 Å². The van der Waals surface area contributed by atoms with Gasteiger partial charge in [0.05, 0.1) is 11.2 Å². The molecule has 0 aromatic carbocycles. The molecule has 2 aromatic heterocycles. The Morgan fingerprint density at radius 3 is 2.79 bits per heavy atom. The normalized spacial score (nSPS) is 11.4. The molecular weight excluding hydrogens is 172 g/mol. The van der Waals surface area contributed by atoms with Crippen LogP contribution < -0.4 is 0 Å². The topological polar surface area (TPSA) is 17.3 Å². The van der Waals surface area contributed by atoms with Gasteiger partial charge in [0, 0.05) is 5.69 Å². The van der Waals surface area contributed by atoms with Gasteiger partial charge in [0.2, 0.25) is 0 Å². The molecule has 0 saturated heterocycles. The van der Waals surface area contributed by atoms with Crippen molar-refractivity contribution in [2.75, 3.05) is 0 Å². The molecule has 0 N–H and O–H groups in total. The number of aromatic nitrogens is 2. The fourth-order valence-corrected chi connectivity index (χ4v) is 1.70. The number of pyridine rings is 1. The van der Waals surface area contributed by atoms with E-state index in [0.29, 0.717) is 5.92 Å². The van der Waals surface area contributed by atoms with E-state index in [1.54, 1.807) is 0 Å². The number of hydrogen-bond donors (Lipinski definition) is 0. The van der Waals surface area contributed by atoms with Crippen LogP contribution in [0.15, 0.2) is 24.3 Å². The fraction of sp³-hybridized carbons (Fsp3) is 0.417. The maximum atomic E-state index is 4.57. The monoisotopic (exact) mass is 188 g/mol. The van der Waals surface area contributed by atoms with E-state index in [2.05, 4.69) is 54.7 Å². The van der Waals surface area contributed by atoms with Gasteiger partial charge in [-0.15, -0.1) is 0 Å². The summed E-state index contributed by atoms with van der Waals surface area (Å²) in [6, 6.07) is 8.51. The first-order chi connectivity index (χ1) is 6.72. The maximum Gasteiger partial charge on any atom is 0.0667 e. The van der Waals surface area contributed by atoms with Crippen LogP contribution in [0, 0.1) is 0 Å². The molecule has 0 fully saturated rings. The van der Waals surface area contributed by atoms with Crippen LogP contribution in [0.5, 0.6) is 0 Å². The molecule has 2 heteroatoms. The lowest BCUT2D eigenvalue weighted by atomic mass is 10.1. The lowest BCUT2D eigenvalue weighted by Gasteiger charge is -2.07. The van der Waals surface area contributed by atoms with E-state index >= 15 is 0 Å². The molecule has 2 rings (SSSR count). The van der Waals surface area contributed by atoms with Crippen molar-refractivity contribution in [1.82, 2.24) is 9.61 Å². The summed E-state index contributed by atoms with van der Waals surface area (Å²) in [5.41, 5.74) is 3.65. The van der Waals surface area contributed by atoms with Gasteiger partial charge in [-0.3, -0.25) is 0 Å². The van der Waals surface area contributed by atoms with Crippen molar-refractivity contribution in [3.63, 3.8) is 0 Å². The van der Waals surface area contributed by atoms with Crippen molar-refractivity contribution in [2.45, 2.75) is 33.1 Å². The van der Waals surface area contributed by atoms with E-state index < -0.39 is 0 Å². The molecule has 2 heterocycles. The summed E-state index contributed by atoms with van der Waals surface area (Å²) in [7, 11) is 0. The van der Waals surface area contributed by atoms with Gasteiger partial charge >= 0.3 is 0 Å². The molecule has 0 aliphatic rings. The van der Waals surface area contributed by atoms with Crippen LogP contribution in [-0.2, 0) is 6.42 Å². The van der Waals surface area contributed by atoms with Crippen LogP contribution in [0.4, 0.5) is 0 Å². The number of aryl methyl sites for hydroxylation is 1. The van der Waals surface area contributed by atoms with Gasteiger partial charge in [0.15, 0.2) is 0 Å². The zero-order valence-electron chi connectivity index (χ0n) is 8.99. The third-order valence-electron chi connectivity index (χ3n) is 2.52. The maximum absolute atomic E-state index is 4.57. The van der Waals surface area contributed by atoms with Gasteiger partial charge < -0.3 is 0 Å². The Kier molecular flexibility index (Phi) is 2.28.